The van der Waals surface area contributed by atoms with Gasteiger partial charge in [0, 0.05) is 11.5 Å². The fraction of sp³-hybridized carbons (Fsp3) is 0.562. The van der Waals surface area contributed by atoms with E-state index in [1.165, 1.54) is 24.8 Å². The molecule has 18 heavy (non-hydrogen) atoms. The zero-order valence-electron chi connectivity index (χ0n) is 11.2. The SMILES string of the molecule is COc1ccc2c(c1)C(=O)C1CCCCC1(C)C2. The van der Waals surface area contributed by atoms with E-state index in [0.29, 0.717) is 5.78 Å². The van der Waals surface area contributed by atoms with Crippen LogP contribution in [0.2, 0.25) is 0 Å². The molecular weight excluding hydrogens is 224 g/mol. The number of carbonyl (C=O) groups is 1. The molecule has 0 aromatic heterocycles. The molecule has 0 spiro atoms. The maximum absolute atomic E-state index is 12.7. The van der Waals surface area contributed by atoms with Crippen LogP contribution < -0.4 is 4.74 Å². The summed E-state index contributed by atoms with van der Waals surface area (Å²) in [7, 11) is 1.65. The Morgan fingerprint density at radius 2 is 2.17 bits per heavy atom. The zero-order chi connectivity index (χ0) is 12.8. The van der Waals surface area contributed by atoms with Gasteiger partial charge in [0.1, 0.15) is 5.75 Å². The van der Waals surface area contributed by atoms with Gasteiger partial charge in [0.2, 0.25) is 0 Å². The van der Waals surface area contributed by atoms with E-state index in [-0.39, 0.29) is 11.3 Å². The summed E-state index contributed by atoms with van der Waals surface area (Å²) in [6.07, 6.45) is 5.76. The van der Waals surface area contributed by atoms with Gasteiger partial charge in [-0.2, -0.15) is 0 Å². The third-order valence-corrected chi connectivity index (χ3v) is 4.83. The molecule has 2 aliphatic rings. The second-order valence-electron chi connectivity index (χ2n) is 6.02. The molecule has 2 atom stereocenters. The minimum Gasteiger partial charge on any atom is -0.497 e. The summed E-state index contributed by atoms with van der Waals surface area (Å²) in [5.41, 5.74) is 2.30. The Bertz CT molecular complexity index is 492. The lowest BCUT2D eigenvalue weighted by molar-refractivity contribution is 0.0602. The van der Waals surface area contributed by atoms with Crippen molar-refractivity contribution in [3.05, 3.63) is 29.3 Å². The molecule has 0 amide bonds. The fourth-order valence-corrected chi connectivity index (χ4v) is 3.75. The molecule has 2 nitrogen and oxygen atoms in total. The number of carbonyl (C=O) groups excluding carboxylic acids is 1. The monoisotopic (exact) mass is 244 g/mol. The molecule has 1 aromatic carbocycles. The number of methoxy groups -OCH3 is 1. The van der Waals surface area contributed by atoms with Crippen LogP contribution in [0.25, 0.3) is 0 Å². The summed E-state index contributed by atoms with van der Waals surface area (Å²) in [5, 5.41) is 0. The first-order chi connectivity index (χ1) is 8.64. The molecule has 2 heteroatoms. The molecule has 3 rings (SSSR count). The molecule has 2 unspecified atom stereocenters. The molecule has 1 aromatic rings. The second kappa shape index (κ2) is 4.11. The van der Waals surface area contributed by atoms with Crippen LogP contribution in [0.1, 0.15) is 48.5 Å². The Kier molecular flexibility index (Phi) is 2.69. The fourth-order valence-electron chi connectivity index (χ4n) is 3.75. The van der Waals surface area contributed by atoms with Crippen molar-refractivity contribution in [2.75, 3.05) is 7.11 Å². The standard InChI is InChI=1S/C16H20O2/c1-16-8-4-3-5-14(16)15(17)13-9-12(18-2)7-6-11(13)10-16/h6-7,9,14H,3-5,8,10H2,1-2H3. The highest BCUT2D eigenvalue weighted by Gasteiger charge is 2.45. The van der Waals surface area contributed by atoms with Crippen LogP contribution in [0.4, 0.5) is 0 Å². The maximum Gasteiger partial charge on any atom is 0.166 e. The zero-order valence-corrected chi connectivity index (χ0v) is 11.2. The lowest BCUT2D eigenvalue weighted by Crippen LogP contribution is -2.42. The predicted molar refractivity (Wildman–Crippen MR) is 71.1 cm³/mol. The Labute approximate surface area is 108 Å². The highest BCUT2D eigenvalue weighted by atomic mass is 16.5. The van der Waals surface area contributed by atoms with Gasteiger partial charge >= 0.3 is 0 Å². The highest BCUT2D eigenvalue weighted by Crippen LogP contribution is 2.48. The van der Waals surface area contributed by atoms with Gasteiger partial charge in [0.25, 0.3) is 0 Å². The molecule has 96 valence electrons. The Balaban J connectivity index is 2.06. The normalized spacial score (nSPS) is 30.6. The van der Waals surface area contributed by atoms with Gasteiger partial charge in [-0.3, -0.25) is 4.79 Å². The molecule has 0 radical (unpaired) electrons. The van der Waals surface area contributed by atoms with Crippen molar-refractivity contribution < 1.29 is 9.53 Å². The van der Waals surface area contributed by atoms with E-state index < -0.39 is 0 Å². The molecule has 0 aliphatic heterocycles. The Hall–Kier alpha value is -1.31. The van der Waals surface area contributed by atoms with Crippen molar-refractivity contribution in [1.29, 1.82) is 0 Å². The number of ketones is 1. The minimum absolute atomic E-state index is 0.191. The van der Waals surface area contributed by atoms with E-state index in [1.54, 1.807) is 7.11 Å². The number of hydrogen-bond acceptors (Lipinski definition) is 2. The van der Waals surface area contributed by atoms with E-state index in [0.717, 1.165) is 24.2 Å². The minimum atomic E-state index is 0.191. The van der Waals surface area contributed by atoms with E-state index in [4.69, 9.17) is 4.74 Å². The first-order valence-electron chi connectivity index (χ1n) is 6.85. The van der Waals surface area contributed by atoms with Gasteiger partial charge in [0.05, 0.1) is 7.11 Å². The molecule has 1 saturated carbocycles. The second-order valence-corrected chi connectivity index (χ2v) is 6.02. The highest BCUT2D eigenvalue weighted by molar-refractivity contribution is 6.01. The van der Waals surface area contributed by atoms with Gasteiger partial charge in [-0.25, -0.2) is 0 Å². The largest absolute Gasteiger partial charge is 0.497 e. The molecule has 0 N–H and O–H groups in total. The lowest BCUT2D eigenvalue weighted by atomic mass is 9.59. The van der Waals surface area contributed by atoms with Crippen LogP contribution in [0.5, 0.6) is 5.75 Å². The number of hydrogen-bond donors (Lipinski definition) is 0. The van der Waals surface area contributed by atoms with Gasteiger partial charge < -0.3 is 4.74 Å². The van der Waals surface area contributed by atoms with E-state index >= 15 is 0 Å². The van der Waals surface area contributed by atoms with Crippen molar-refractivity contribution in [2.45, 2.75) is 39.0 Å². The van der Waals surface area contributed by atoms with Gasteiger partial charge in [-0.15, -0.1) is 0 Å². The van der Waals surface area contributed by atoms with Crippen LogP contribution in [-0.4, -0.2) is 12.9 Å². The van der Waals surface area contributed by atoms with Crippen molar-refractivity contribution in [3.8, 4) is 5.75 Å². The Morgan fingerprint density at radius 1 is 1.33 bits per heavy atom. The summed E-state index contributed by atoms with van der Waals surface area (Å²) in [6.45, 7) is 2.29. The first-order valence-corrected chi connectivity index (χ1v) is 6.85. The summed E-state index contributed by atoms with van der Waals surface area (Å²) in [5.74, 6) is 1.37. The number of rotatable bonds is 1. The van der Waals surface area contributed by atoms with Crippen LogP contribution in [-0.2, 0) is 6.42 Å². The average molecular weight is 244 g/mol. The summed E-state index contributed by atoms with van der Waals surface area (Å²) >= 11 is 0. The molecule has 0 bridgehead atoms. The third-order valence-electron chi connectivity index (χ3n) is 4.83. The molecule has 0 saturated heterocycles. The quantitative estimate of drug-likeness (QED) is 0.754. The predicted octanol–water partition coefficient (Wildman–Crippen LogP) is 3.63. The van der Waals surface area contributed by atoms with Crippen LogP contribution >= 0.6 is 0 Å². The average Bonchev–Trinajstić information content (AvgIpc) is 2.38. The number of fused-ring (bicyclic) bond motifs is 2. The van der Waals surface area contributed by atoms with Crippen LogP contribution in [0.3, 0.4) is 0 Å². The van der Waals surface area contributed by atoms with E-state index in [1.807, 2.05) is 12.1 Å². The van der Waals surface area contributed by atoms with Crippen LogP contribution in [0, 0.1) is 11.3 Å². The van der Waals surface area contributed by atoms with E-state index in [9.17, 15) is 4.79 Å². The Morgan fingerprint density at radius 3 is 2.94 bits per heavy atom. The van der Waals surface area contributed by atoms with Gasteiger partial charge in [0.15, 0.2) is 5.78 Å². The number of ether oxygens (including phenoxy) is 1. The van der Waals surface area contributed by atoms with Gasteiger partial charge in [-0.1, -0.05) is 25.8 Å². The van der Waals surface area contributed by atoms with Crippen molar-refractivity contribution in [1.82, 2.24) is 0 Å². The van der Waals surface area contributed by atoms with Crippen LogP contribution in [0.15, 0.2) is 18.2 Å². The molecular formula is C16H20O2. The topological polar surface area (TPSA) is 26.3 Å². The number of benzene rings is 1. The summed E-state index contributed by atoms with van der Waals surface area (Å²) < 4.78 is 5.24. The summed E-state index contributed by atoms with van der Waals surface area (Å²) in [4.78, 5) is 12.7. The molecule has 2 aliphatic carbocycles. The third kappa shape index (κ3) is 1.66. The number of Topliss-reactive ketones (excluding diaryl/α,β-unsaturated/α-hetero) is 1. The molecule has 0 heterocycles. The van der Waals surface area contributed by atoms with Crippen molar-refractivity contribution in [3.63, 3.8) is 0 Å². The summed E-state index contributed by atoms with van der Waals surface area (Å²) in [6, 6.07) is 5.96. The maximum atomic E-state index is 12.7. The molecule has 1 fully saturated rings. The van der Waals surface area contributed by atoms with Gasteiger partial charge in [-0.05, 0) is 42.4 Å². The van der Waals surface area contributed by atoms with Crippen molar-refractivity contribution in [2.24, 2.45) is 11.3 Å². The van der Waals surface area contributed by atoms with Crippen molar-refractivity contribution >= 4 is 5.78 Å². The smallest absolute Gasteiger partial charge is 0.166 e. The van der Waals surface area contributed by atoms with E-state index in [2.05, 4.69) is 13.0 Å². The first kappa shape index (κ1) is 11.8. The lowest BCUT2D eigenvalue weighted by Gasteiger charge is -2.44.